The van der Waals surface area contributed by atoms with Gasteiger partial charge in [-0.2, -0.15) is 5.10 Å². The summed E-state index contributed by atoms with van der Waals surface area (Å²) in [4.78, 5) is 30.2. The predicted molar refractivity (Wildman–Crippen MR) is 102 cm³/mol. The Hall–Kier alpha value is -2.70. The second-order valence-corrected chi connectivity index (χ2v) is 7.78. The number of hydrogen-bond donors (Lipinski definition) is 1. The van der Waals surface area contributed by atoms with Crippen molar-refractivity contribution in [2.24, 2.45) is 0 Å². The van der Waals surface area contributed by atoms with Gasteiger partial charge in [0.05, 0.1) is 11.2 Å². The first-order valence-electron chi connectivity index (χ1n) is 9.87. The first-order valence-corrected chi connectivity index (χ1v) is 9.87. The van der Waals surface area contributed by atoms with E-state index in [0.717, 1.165) is 44.2 Å². The second-order valence-electron chi connectivity index (χ2n) is 7.78. The molecule has 0 saturated heterocycles. The van der Waals surface area contributed by atoms with Gasteiger partial charge in [-0.25, -0.2) is 9.50 Å². The highest BCUT2D eigenvalue weighted by Crippen LogP contribution is 2.39. The lowest BCUT2D eigenvalue weighted by atomic mass is 9.95. The highest BCUT2D eigenvalue weighted by molar-refractivity contribution is 5.80. The van der Waals surface area contributed by atoms with Crippen molar-refractivity contribution in [2.45, 2.75) is 63.5 Å². The van der Waals surface area contributed by atoms with Gasteiger partial charge in [0.1, 0.15) is 12.1 Å². The van der Waals surface area contributed by atoms with Gasteiger partial charge in [0.25, 0.3) is 5.56 Å². The van der Waals surface area contributed by atoms with E-state index in [4.69, 9.17) is 0 Å². The minimum Gasteiger partial charge on any atom is -0.352 e. The van der Waals surface area contributed by atoms with Gasteiger partial charge in [-0.15, -0.1) is 0 Å². The molecule has 27 heavy (non-hydrogen) atoms. The van der Waals surface area contributed by atoms with Gasteiger partial charge in [-0.1, -0.05) is 19.3 Å². The predicted octanol–water partition coefficient (Wildman–Crippen LogP) is 2.37. The van der Waals surface area contributed by atoms with Crippen LogP contribution in [0.2, 0.25) is 0 Å². The molecular weight excluding hydrogens is 342 g/mol. The maximum atomic E-state index is 13.1. The number of carbonyl (C=O) groups is 1. The maximum Gasteiger partial charge on any atom is 0.277 e. The van der Waals surface area contributed by atoms with Crippen LogP contribution in [-0.2, 0) is 11.3 Å². The van der Waals surface area contributed by atoms with Crippen LogP contribution in [0.15, 0.2) is 29.2 Å². The molecule has 0 aromatic carbocycles. The topological polar surface area (TPSA) is 81.3 Å². The first-order chi connectivity index (χ1) is 13.2. The molecule has 1 N–H and O–H groups in total. The minimum absolute atomic E-state index is 0.0119. The number of fused-ring (bicyclic) bond motifs is 3. The van der Waals surface area contributed by atoms with Crippen LogP contribution >= 0.6 is 0 Å². The summed E-state index contributed by atoms with van der Waals surface area (Å²) in [6.07, 6.45) is 9.53. The van der Waals surface area contributed by atoms with Crippen molar-refractivity contribution in [3.05, 3.63) is 40.4 Å². The Labute approximate surface area is 156 Å². The summed E-state index contributed by atoms with van der Waals surface area (Å²) in [6.45, 7) is 0.0119. The zero-order chi connectivity index (χ0) is 18.4. The van der Waals surface area contributed by atoms with Crippen molar-refractivity contribution in [1.29, 1.82) is 0 Å². The number of aromatic nitrogens is 4. The van der Waals surface area contributed by atoms with Crippen molar-refractivity contribution < 1.29 is 4.79 Å². The lowest BCUT2D eigenvalue weighted by Crippen LogP contribution is -2.40. The number of pyridine rings is 1. The smallest absolute Gasteiger partial charge is 0.277 e. The molecule has 2 fully saturated rings. The molecule has 0 spiro atoms. The van der Waals surface area contributed by atoms with E-state index >= 15 is 0 Å². The standard InChI is InChI=1S/C20H23N5O2/c26-18(22-14-5-2-1-3-6-14)12-24-16-7-4-10-21-19(16)25-17(20(24)27)11-15(23-25)13-8-9-13/h4,7,10-11,13-14H,1-3,5-6,8-9,12H2,(H,22,26). The molecule has 140 valence electrons. The Bertz CT molecular complexity index is 1070. The average molecular weight is 365 g/mol. The fourth-order valence-electron chi connectivity index (χ4n) is 4.12. The Morgan fingerprint density at radius 3 is 2.74 bits per heavy atom. The molecule has 0 bridgehead atoms. The fourth-order valence-corrected chi connectivity index (χ4v) is 4.12. The first kappa shape index (κ1) is 16.5. The number of carbonyl (C=O) groups excluding carboxylic acids is 1. The van der Waals surface area contributed by atoms with Gasteiger partial charge in [-0.05, 0) is 43.9 Å². The highest BCUT2D eigenvalue weighted by Gasteiger charge is 2.28. The molecule has 0 atom stereocenters. The minimum atomic E-state index is -0.186. The highest BCUT2D eigenvalue weighted by atomic mass is 16.2. The third kappa shape index (κ3) is 3.01. The van der Waals surface area contributed by atoms with Gasteiger partial charge in [0, 0.05) is 18.2 Å². The molecule has 2 saturated carbocycles. The van der Waals surface area contributed by atoms with Crippen LogP contribution in [0, 0.1) is 0 Å². The molecule has 2 aliphatic rings. The Kier molecular flexibility index (Phi) is 3.95. The van der Waals surface area contributed by atoms with E-state index in [0.29, 0.717) is 22.6 Å². The second kappa shape index (κ2) is 6.48. The Morgan fingerprint density at radius 1 is 1.15 bits per heavy atom. The van der Waals surface area contributed by atoms with Crippen molar-refractivity contribution in [2.75, 3.05) is 0 Å². The van der Waals surface area contributed by atoms with E-state index < -0.39 is 0 Å². The van der Waals surface area contributed by atoms with E-state index in [9.17, 15) is 9.59 Å². The average Bonchev–Trinajstić information content (AvgIpc) is 3.44. The molecule has 7 nitrogen and oxygen atoms in total. The number of nitrogens with zero attached hydrogens (tertiary/aromatic N) is 4. The maximum absolute atomic E-state index is 13.1. The largest absolute Gasteiger partial charge is 0.352 e. The van der Waals surface area contributed by atoms with E-state index in [-0.39, 0.29) is 24.1 Å². The zero-order valence-corrected chi connectivity index (χ0v) is 15.2. The number of amides is 1. The van der Waals surface area contributed by atoms with Crippen LogP contribution in [-0.4, -0.2) is 31.1 Å². The molecule has 0 radical (unpaired) electrons. The van der Waals surface area contributed by atoms with Crippen LogP contribution in [0.25, 0.3) is 16.7 Å². The molecule has 0 aliphatic heterocycles. The van der Waals surface area contributed by atoms with Crippen LogP contribution in [0.5, 0.6) is 0 Å². The monoisotopic (exact) mass is 365 g/mol. The molecule has 0 unspecified atom stereocenters. The van der Waals surface area contributed by atoms with E-state index in [2.05, 4.69) is 15.4 Å². The van der Waals surface area contributed by atoms with Gasteiger partial charge >= 0.3 is 0 Å². The van der Waals surface area contributed by atoms with Crippen molar-refractivity contribution in [3.8, 4) is 0 Å². The molecule has 3 heterocycles. The summed E-state index contributed by atoms with van der Waals surface area (Å²) in [6, 6.07) is 5.71. The molecule has 5 rings (SSSR count). The summed E-state index contributed by atoms with van der Waals surface area (Å²) in [7, 11) is 0. The molecule has 7 heteroatoms. The van der Waals surface area contributed by atoms with Gasteiger partial charge in [-0.3, -0.25) is 14.2 Å². The van der Waals surface area contributed by atoms with Crippen LogP contribution in [0.3, 0.4) is 0 Å². The quantitative estimate of drug-likeness (QED) is 0.770. The van der Waals surface area contributed by atoms with Gasteiger partial charge < -0.3 is 5.32 Å². The summed E-state index contributed by atoms with van der Waals surface area (Å²) in [5, 5.41) is 7.72. The SMILES string of the molecule is O=C(Cn1c(=O)c2cc(C3CC3)nn2c2ncccc21)NC1CCCCC1. The summed E-state index contributed by atoms with van der Waals surface area (Å²) in [5.74, 6) is 0.339. The van der Waals surface area contributed by atoms with Crippen LogP contribution in [0.1, 0.15) is 56.6 Å². The van der Waals surface area contributed by atoms with E-state index in [1.54, 1.807) is 16.8 Å². The van der Waals surface area contributed by atoms with E-state index in [1.807, 2.05) is 12.1 Å². The van der Waals surface area contributed by atoms with Crippen molar-refractivity contribution >= 4 is 22.6 Å². The number of nitrogens with one attached hydrogen (secondary N) is 1. The van der Waals surface area contributed by atoms with Crippen LogP contribution in [0.4, 0.5) is 0 Å². The van der Waals surface area contributed by atoms with E-state index in [1.165, 1.54) is 11.0 Å². The zero-order valence-electron chi connectivity index (χ0n) is 15.2. The lowest BCUT2D eigenvalue weighted by Gasteiger charge is -2.23. The van der Waals surface area contributed by atoms with Crippen molar-refractivity contribution in [1.82, 2.24) is 24.5 Å². The third-order valence-corrected chi connectivity index (χ3v) is 5.72. The summed E-state index contributed by atoms with van der Waals surface area (Å²) in [5.41, 5.74) is 2.51. The normalized spacial score (nSPS) is 18.2. The van der Waals surface area contributed by atoms with Crippen molar-refractivity contribution in [3.63, 3.8) is 0 Å². The number of hydrogen-bond acceptors (Lipinski definition) is 4. The molecular formula is C20H23N5O2. The fraction of sp³-hybridized carbons (Fsp3) is 0.500. The Balaban J connectivity index is 1.54. The lowest BCUT2D eigenvalue weighted by molar-refractivity contribution is -0.122. The summed E-state index contributed by atoms with van der Waals surface area (Å²) >= 11 is 0. The van der Waals surface area contributed by atoms with Gasteiger partial charge in [0.2, 0.25) is 5.91 Å². The molecule has 3 aromatic rings. The third-order valence-electron chi connectivity index (χ3n) is 5.72. The molecule has 1 amide bonds. The number of rotatable bonds is 4. The van der Waals surface area contributed by atoms with Gasteiger partial charge in [0.15, 0.2) is 5.65 Å². The molecule has 2 aliphatic carbocycles. The van der Waals surface area contributed by atoms with Crippen LogP contribution < -0.4 is 10.9 Å². The Morgan fingerprint density at radius 2 is 1.96 bits per heavy atom. The molecule has 3 aromatic heterocycles. The summed E-state index contributed by atoms with van der Waals surface area (Å²) < 4.78 is 3.18.